The van der Waals surface area contributed by atoms with Crippen molar-refractivity contribution in [1.29, 1.82) is 0 Å². The number of rotatable bonds is 6. The molecule has 0 spiro atoms. The highest BCUT2D eigenvalue weighted by Gasteiger charge is 2.25. The number of pyridine rings is 1. The maximum atomic E-state index is 12.6. The highest BCUT2D eigenvalue weighted by atomic mass is 32.1. The summed E-state index contributed by atoms with van der Waals surface area (Å²) in [5.41, 5.74) is 5.62. The molecule has 0 bridgehead atoms. The van der Waals surface area contributed by atoms with Crippen LogP contribution in [0, 0.1) is 6.92 Å². The molecule has 0 saturated carbocycles. The minimum Gasteiger partial charge on any atom is -0.493 e. The van der Waals surface area contributed by atoms with E-state index in [2.05, 4.69) is 4.98 Å². The molecule has 39 heavy (non-hydrogen) atoms. The summed E-state index contributed by atoms with van der Waals surface area (Å²) < 4.78 is 17.2. The Morgan fingerprint density at radius 1 is 1.13 bits per heavy atom. The molecule has 8 nitrogen and oxygen atoms in total. The predicted octanol–water partition coefficient (Wildman–Crippen LogP) is 5.81. The minimum absolute atomic E-state index is 0.108. The first kappa shape index (κ1) is 28.4. The molecule has 0 amide bonds. The zero-order chi connectivity index (χ0) is 28.3. The maximum Gasteiger partial charge on any atom is 0.367 e. The van der Waals surface area contributed by atoms with Gasteiger partial charge in [0.15, 0.2) is 0 Å². The summed E-state index contributed by atoms with van der Waals surface area (Å²) in [6.45, 7) is 11.9. The molecule has 1 N–H and O–H groups in total. The van der Waals surface area contributed by atoms with Crippen LogP contribution in [-0.2, 0) is 27.1 Å². The Bertz CT molecular complexity index is 1520. The van der Waals surface area contributed by atoms with E-state index in [-0.39, 0.29) is 24.0 Å². The van der Waals surface area contributed by atoms with Crippen LogP contribution >= 0.6 is 11.3 Å². The van der Waals surface area contributed by atoms with Gasteiger partial charge in [0.1, 0.15) is 5.75 Å². The normalized spacial score (nSPS) is 12.5. The van der Waals surface area contributed by atoms with Gasteiger partial charge in [0.05, 0.1) is 47.6 Å². The lowest BCUT2D eigenvalue weighted by Gasteiger charge is -2.21. The van der Waals surface area contributed by atoms with Crippen LogP contribution in [-0.4, -0.2) is 52.4 Å². The van der Waals surface area contributed by atoms with Crippen LogP contribution in [0.25, 0.3) is 32.2 Å². The zero-order valence-corrected chi connectivity index (χ0v) is 24.0. The Hall–Kier alpha value is -3.56. The van der Waals surface area contributed by atoms with Crippen LogP contribution in [0.2, 0.25) is 0 Å². The third-order valence-corrected chi connectivity index (χ3v) is 7.00. The zero-order valence-electron chi connectivity index (χ0n) is 23.2. The summed E-state index contributed by atoms with van der Waals surface area (Å²) in [4.78, 5) is 34.3. The Morgan fingerprint density at radius 3 is 2.54 bits per heavy atom. The third-order valence-electron chi connectivity index (χ3n) is 5.93. The molecule has 0 fully saturated rings. The van der Waals surface area contributed by atoms with Crippen LogP contribution in [0.15, 0.2) is 30.5 Å². The molecule has 2 aromatic carbocycles. The summed E-state index contributed by atoms with van der Waals surface area (Å²) in [5.74, 6) is 0.0449. The molecule has 5 rings (SSSR count). The van der Waals surface area contributed by atoms with Gasteiger partial charge in [-0.1, -0.05) is 0 Å². The smallest absolute Gasteiger partial charge is 0.367 e. The summed E-state index contributed by atoms with van der Waals surface area (Å²) >= 11 is 1.27. The van der Waals surface area contributed by atoms with Gasteiger partial charge in [-0.15, -0.1) is 11.3 Å². The van der Waals surface area contributed by atoms with Gasteiger partial charge in [-0.2, -0.15) is 0 Å². The van der Waals surface area contributed by atoms with Gasteiger partial charge in [-0.3, -0.25) is 9.78 Å². The van der Waals surface area contributed by atoms with Crippen LogP contribution in [0.4, 0.5) is 0 Å². The van der Waals surface area contributed by atoms with E-state index in [1.165, 1.54) is 16.9 Å². The molecular weight excluding hydrogens is 516 g/mol. The van der Waals surface area contributed by atoms with Crippen molar-refractivity contribution in [3.63, 3.8) is 0 Å². The van der Waals surface area contributed by atoms with Gasteiger partial charge in [-0.25, -0.2) is 9.78 Å². The van der Waals surface area contributed by atoms with Crippen LogP contribution in [0.5, 0.6) is 5.75 Å². The fourth-order valence-electron chi connectivity index (χ4n) is 4.49. The first-order valence-corrected chi connectivity index (χ1v) is 13.8. The Labute approximate surface area is 231 Å². The van der Waals surface area contributed by atoms with E-state index in [1.54, 1.807) is 34.6 Å². The van der Waals surface area contributed by atoms with Crippen molar-refractivity contribution >= 4 is 44.4 Å². The minimum atomic E-state index is -0.500. The number of fused-ring (bicyclic) bond motifs is 1. The second-order valence-corrected chi connectivity index (χ2v) is 11.2. The van der Waals surface area contributed by atoms with Gasteiger partial charge in [0, 0.05) is 29.1 Å². The lowest BCUT2D eigenvalue weighted by atomic mass is 9.90. The van der Waals surface area contributed by atoms with Crippen molar-refractivity contribution < 1.29 is 28.9 Å². The van der Waals surface area contributed by atoms with E-state index in [0.29, 0.717) is 18.7 Å². The molecule has 1 aliphatic rings. The van der Waals surface area contributed by atoms with Gasteiger partial charge in [0.25, 0.3) is 0 Å². The number of aryl methyl sites for hydroxylation is 1. The Morgan fingerprint density at radius 2 is 1.85 bits per heavy atom. The van der Waals surface area contributed by atoms with Gasteiger partial charge < -0.3 is 19.3 Å². The number of nitrogens with zero attached hydrogens (tertiary/aromatic N) is 2. The van der Waals surface area contributed by atoms with Crippen molar-refractivity contribution in [2.45, 2.75) is 60.0 Å². The molecule has 2 aromatic heterocycles. The van der Waals surface area contributed by atoms with Crippen molar-refractivity contribution in [2.75, 3.05) is 19.8 Å². The molecule has 206 valence electrons. The van der Waals surface area contributed by atoms with Crippen LogP contribution in [0.3, 0.4) is 0 Å². The molecule has 0 saturated heterocycles. The van der Waals surface area contributed by atoms with Gasteiger partial charge in [-0.05, 0) is 82.5 Å². The molecule has 0 aliphatic carbocycles. The molecule has 1 aliphatic heterocycles. The number of esters is 2. The summed E-state index contributed by atoms with van der Waals surface area (Å²) in [6, 6.07) is 7.87. The van der Waals surface area contributed by atoms with Crippen LogP contribution < -0.4 is 4.74 Å². The average molecular weight is 551 g/mol. The second kappa shape index (κ2) is 11.7. The number of carbonyl (C=O) groups excluding carboxylic acids is 2. The standard InChI is InChI=1S/C26H24N2O5S.C4H10O/c1-4-31-20(29)13-17-14(3)12-18-24(34-25(28-18)26(30)32-5-2)22(17)16-6-7-19-21-15(9-11-33-19)8-10-27-23(16)21;1-4(2,3)5/h6-8,10,12H,4-5,9,11,13H2,1-3H3;5H,1-3H3. The fourth-order valence-corrected chi connectivity index (χ4v) is 5.51. The van der Waals surface area contributed by atoms with Crippen LogP contribution in [0.1, 0.15) is 61.1 Å². The number of benzene rings is 2. The number of ether oxygens (including phenoxy) is 3. The van der Waals surface area contributed by atoms with Gasteiger partial charge in [0.2, 0.25) is 5.01 Å². The van der Waals surface area contributed by atoms with Crippen molar-refractivity contribution in [3.8, 4) is 16.9 Å². The lowest BCUT2D eigenvalue weighted by Crippen LogP contribution is -2.11. The molecule has 0 radical (unpaired) electrons. The molecular formula is C30H34N2O6S. The molecule has 9 heteroatoms. The van der Waals surface area contributed by atoms with Crippen molar-refractivity contribution in [2.24, 2.45) is 0 Å². The Kier molecular flexibility index (Phi) is 8.51. The fraction of sp³-hybridized carbons (Fsp3) is 0.400. The SMILES string of the molecule is CC(C)(C)O.CCOC(=O)Cc1c(C)cc2nc(C(=O)OCC)sc2c1-c1ccc2c3c(ccnc13)CCO2. The number of thiazole rings is 1. The summed E-state index contributed by atoms with van der Waals surface area (Å²) in [5, 5.41) is 9.79. The highest BCUT2D eigenvalue weighted by Crippen LogP contribution is 2.44. The monoisotopic (exact) mass is 550 g/mol. The molecule has 0 atom stereocenters. The number of aliphatic hydroxyl groups is 1. The third kappa shape index (κ3) is 6.37. The average Bonchev–Trinajstić information content (AvgIpc) is 3.28. The van der Waals surface area contributed by atoms with Gasteiger partial charge >= 0.3 is 11.9 Å². The number of aromatic nitrogens is 2. The number of carbonyl (C=O) groups is 2. The van der Waals surface area contributed by atoms with E-state index in [0.717, 1.165) is 50.0 Å². The van der Waals surface area contributed by atoms with E-state index in [9.17, 15) is 9.59 Å². The highest BCUT2D eigenvalue weighted by molar-refractivity contribution is 7.20. The van der Waals surface area contributed by atoms with E-state index in [1.807, 2.05) is 37.4 Å². The van der Waals surface area contributed by atoms with E-state index in [4.69, 9.17) is 24.3 Å². The first-order valence-electron chi connectivity index (χ1n) is 13.0. The largest absolute Gasteiger partial charge is 0.493 e. The van der Waals surface area contributed by atoms with Crippen molar-refractivity contribution in [1.82, 2.24) is 9.97 Å². The molecule has 4 aromatic rings. The maximum absolute atomic E-state index is 12.6. The molecule has 3 heterocycles. The van der Waals surface area contributed by atoms with E-state index >= 15 is 0 Å². The van der Waals surface area contributed by atoms with Crippen molar-refractivity contribution in [3.05, 3.63) is 52.2 Å². The predicted molar refractivity (Wildman–Crippen MR) is 153 cm³/mol. The number of hydrogen-bond acceptors (Lipinski definition) is 9. The molecule has 0 unspecified atom stereocenters. The first-order chi connectivity index (χ1) is 18.5. The number of hydrogen-bond donors (Lipinski definition) is 1. The summed E-state index contributed by atoms with van der Waals surface area (Å²) in [7, 11) is 0. The topological polar surface area (TPSA) is 108 Å². The quantitative estimate of drug-likeness (QED) is 0.300. The Balaban J connectivity index is 0.000000648. The lowest BCUT2D eigenvalue weighted by molar-refractivity contribution is -0.142. The van der Waals surface area contributed by atoms with E-state index < -0.39 is 11.6 Å². The summed E-state index contributed by atoms with van der Waals surface area (Å²) in [6.07, 6.45) is 2.73. The second-order valence-electron chi connectivity index (χ2n) is 10.2.